The fraction of sp³-hybridized carbons (Fsp3) is 0.286. The number of carbonyl (C=O) groups excluding carboxylic acids is 3. The van der Waals surface area contributed by atoms with Crippen molar-refractivity contribution in [3.8, 4) is 11.5 Å². The Morgan fingerprint density at radius 2 is 1.93 bits per heavy atom. The summed E-state index contributed by atoms with van der Waals surface area (Å²) in [6.07, 6.45) is 0.756. The maximum Gasteiger partial charge on any atom is 0.325 e. The molecule has 1 saturated heterocycles. The number of urea groups is 1. The Hall–Kier alpha value is -3.26. The summed E-state index contributed by atoms with van der Waals surface area (Å²) in [5.74, 6) is 0.0757. The van der Waals surface area contributed by atoms with Crippen LogP contribution in [0.4, 0.5) is 10.5 Å². The Balaban J connectivity index is 1.51. The summed E-state index contributed by atoms with van der Waals surface area (Å²) < 4.78 is 11.3. The largest absolute Gasteiger partial charge is 0.490 e. The van der Waals surface area contributed by atoms with Crippen LogP contribution in [0.1, 0.15) is 18.9 Å². The third-order valence-electron chi connectivity index (χ3n) is 5.01. The van der Waals surface area contributed by atoms with Gasteiger partial charge in [-0.15, -0.1) is 0 Å². The van der Waals surface area contributed by atoms with Crippen molar-refractivity contribution < 1.29 is 23.9 Å². The van der Waals surface area contributed by atoms with Crippen LogP contribution in [0.25, 0.3) is 0 Å². The van der Waals surface area contributed by atoms with Crippen LogP contribution in [0.5, 0.6) is 11.5 Å². The molecule has 4 rings (SSSR count). The zero-order valence-corrected chi connectivity index (χ0v) is 17.0. The minimum Gasteiger partial charge on any atom is -0.490 e. The molecule has 2 aliphatic heterocycles. The molecule has 2 aliphatic rings. The van der Waals surface area contributed by atoms with E-state index in [1.165, 1.54) is 0 Å². The van der Waals surface area contributed by atoms with E-state index < -0.39 is 29.9 Å². The fourth-order valence-electron chi connectivity index (χ4n) is 3.42. The molecule has 156 valence electrons. The average Bonchev–Trinajstić information content (AvgIpc) is 2.88. The molecule has 0 radical (unpaired) electrons. The summed E-state index contributed by atoms with van der Waals surface area (Å²) in [6.45, 7) is 2.23. The van der Waals surface area contributed by atoms with E-state index in [0.717, 1.165) is 11.3 Å². The molecule has 0 saturated carbocycles. The van der Waals surface area contributed by atoms with E-state index in [4.69, 9.17) is 21.1 Å². The van der Waals surface area contributed by atoms with Gasteiger partial charge in [0.05, 0.1) is 13.2 Å². The van der Waals surface area contributed by atoms with Gasteiger partial charge in [0.1, 0.15) is 12.1 Å². The predicted molar refractivity (Wildman–Crippen MR) is 110 cm³/mol. The number of nitrogens with one attached hydrogen (secondary N) is 2. The molecule has 4 amide bonds. The Morgan fingerprint density at radius 1 is 1.17 bits per heavy atom. The number of ether oxygens (including phenoxy) is 2. The minimum absolute atomic E-state index is 0.419. The van der Waals surface area contributed by atoms with Gasteiger partial charge in [0.15, 0.2) is 11.5 Å². The highest BCUT2D eigenvalue weighted by Gasteiger charge is 2.49. The van der Waals surface area contributed by atoms with Gasteiger partial charge >= 0.3 is 6.03 Å². The predicted octanol–water partition coefficient (Wildman–Crippen LogP) is 2.91. The van der Waals surface area contributed by atoms with Gasteiger partial charge in [-0.25, -0.2) is 4.79 Å². The van der Waals surface area contributed by atoms with Crippen molar-refractivity contribution >= 4 is 35.1 Å². The van der Waals surface area contributed by atoms with Crippen LogP contribution < -0.4 is 20.1 Å². The van der Waals surface area contributed by atoms with Crippen LogP contribution in [0.15, 0.2) is 42.5 Å². The summed E-state index contributed by atoms with van der Waals surface area (Å²) in [5.41, 5.74) is -0.300. The minimum atomic E-state index is -1.32. The van der Waals surface area contributed by atoms with Gasteiger partial charge in [0.2, 0.25) is 5.91 Å². The lowest BCUT2D eigenvalue weighted by Crippen LogP contribution is -2.42. The zero-order chi connectivity index (χ0) is 21.3. The highest BCUT2D eigenvalue weighted by molar-refractivity contribution is 6.30. The van der Waals surface area contributed by atoms with Gasteiger partial charge in [-0.2, -0.15) is 0 Å². The van der Waals surface area contributed by atoms with Gasteiger partial charge < -0.3 is 20.1 Å². The first kappa shape index (κ1) is 20.0. The molecule has 30 heavy (non-hydrogen) atoms. The number of carbonyl (C=O) groups is 3. The molecule has 9 heteroatoms. The van der Waals surface area contributed by atoms with E-state index in [1.807, 2.05) is 0 Å². The Labute approximate surface area is 178 Å². The second-order valence-electron chi connectivity index (χ2n) is 7.22. The van der Waals surface area contributed by atoms with E-state index in [2.05, 4.69) is 10.6 Å². The topological polar surface area (TPSA) is 97.0 Å². The fourth-order valence-corrected chi connectivity index (χ4v) is 3.61. The molecule has 2 heterocycles. The van der Waals surface area contributed by atoms with Crippen LogP contribution in [0, 0.1) is 0 Å². The number of anilines is 1. The maximum atomic E-state index is 13.1. The molecular formula is C21H20ClN3O5. The second kappa shape index (κ2) is 7.87. The van der Waals surface area contributed by atoms with Crippen molar-refractivity contribution in [2.45, 2.75) is 18.9 Å². The van der Waals surface area contributed by atoms with Gasteiger partial charge in [0, 0.05) is 17.1 Å². The number of halogens is 1. The molecule has 0 aliphatic carbocycles. The Bertz CT molecular complexity index is 1030. The number of hydrogen-bond acceptors (Lipinski definition) is 5. The first-order chi connectivity index (χ1) is 14.4. The lowest BCUT2D eigenvalue weighted by atomic mass is 9.91. The number of benzene rings is 2. The summed E-state index contributed by atoms with van der Waals surface area (Å²) in [6, 6.07) is 11.1. The lowest BCUT2D eigenvalue weighted by Gasteiger charge is -2.23. The maximum absolute atomic E-state index is 13.1. The lowest BCUT2D eigenvalue weighted by molar-refractivity contribution is -0.133. The molecule has 2 aromatic rings. The van der Waals surface area contributed by atoms with Crippen LogP contribution in [-0.4, -0.2) is 42.5 Å². The molecule has 8 nitrogen and oxygen atoms in total. The molecule has 1 fully saturated rings. The molecule has 2 aromatic carbocycles. The van der Waals surface area contributed by atoms with Crippen molar-refractivity contribution in [1.29, 1.82) is 0 Å². The number of imide groups is 1. The van der Waals surface area contributed by atoms with E-state index in [9.17, 15) is 14.4 Å². The normalized spacial score (nSPS) is 20.5. The third kappa shape index (κ3) is 3.78. The monoisotopic (exact) mass is 429 g/mol. The van der Waals surface area contributed by atoms with Crippen molar-refractivity contribution in [3.63, 3.8) is 0 Å². The van der Waals surface area contributed by atoms with Gasteiger partial charge in [-0.3, -0.25) is 14.5 Å². The first-order valence-corrected chi connectivity index (χ1v) is 9.84. The SMILES string of the molecule is CC1(c2ccc3c(c2)OCCCO3)NC(=O)N(CC(=O)Nc2cccc(Cl)c2)C1=O. The highest BCUT2D eigenvalue weighted by atomic mass is 35.5. The van der Waals surface area contributed by atoms with Gasteiger partial charge in [0.25, 0.3) is 5.91 Å². The van der Waals surface area contributed by atoms with Crippen molar-refractivity contribution in [2.24, 2.45) is 0 Å². The molecule has 1 atom stereocenters. The average molecular weight is 430 g/mol. The molecular weight excluding hydrogens is 410 g/mol. The van der Waals surface area contributed by atoms with E-state index in [1.54, 1.807) is 49.4 Å². The number of nitrogens with zero attached hydrogens (tertiary/aromatic N) is 1. The smallest absolute Gasteiger partial charge is 0.325 e. The molecule has 1 unspecified atom stereocenters. The zero-order valence-electron chi connectivity index (χ0n) is 16.2. The van der Waals surface area contributed by atoms with E-state index in [-0.39, 0.29) is 0 Å². The van der Waals surface area contributed by atoms with E-state index >= 15 is 0 Å². The summed E-state index contributed by atoms with van der Waals surface area (Å²) in [7, 11) is 0. The molecule has 0 aromatic heterocycles. The number of amides is 4. The highest BCUT2D eigenvalue weighted by Crippen LogP contribution is 2.36. The second-order valence-corrected chi connectivity index (χ2v) is 7.65. The summed E-state index contributed by atoms with van der Waals surface area (Å²) in [4.78, 5) is 38.9. The Morgan fingerprint density at radius 3 is 2.70 bits per heavy atom. The number of fused-ring (bicyclic) bond motifs is 1. The number of hydrogen-bond donors (Lipinski definition) is 2. The molecule has 0 spiro atoms. The van der Waals surface area contributed by atoms with Crippen LogP contribution >= 0.6 is 11.6 Å². The van der Waals surface area contributed by atoms with Crippen LogP contribution in [-0.2, 0) is 15.1 Å². The quantitative estimate of drug-likeness (QED) is 0.728. The van der Waals surface area contributed by atoms with Gasteiger partial charge in [-0.1, -0.05) is 23.7 Å². The van der Waals surface area contributed by atoms with Crippen molar-refractivity contribution in [3.05, 3.63) is 53.1 Å². The Kier molecular flexibility index (Phi) is 5.26. The molecule has 0 bridgehead atoms. The van der Waals surface area contributed by atoms with Crippen LogP contribution in [0.2, 0.25) is 5.02 Å². The van der Waals surface area contributed by atoms with Gasteiger partial charge in [-0.05, 0) is 42.8 Å². The first-order valence-electron chi connectivity index (χ1n) is 9.46. The molecule has 2 N–H and O–H groups in total. The standard InChI is InChI=1S/C21H20ClN3O5/c1-21(13-6-7-16-17(10-13)30-9-3-8-29-16)19(27)25(20(28)24-21)12-18(26)23-15-5-2-4-14(22)11-15/h2,4-7,10-11H,3,8-9,12H2,1H3,(H,23,26)(H,24,28). The van der Waals surface area contributed by atoms with Crippen molar-refractivity contribution in [1.82, 2.24) is 10.2 Å². The summed E-state index contributed by atoms with van der Waals surface area (Å²) in [5, 5.41) is 5.78. The number of rotatable bonds is 4. The third-order valence-corrected chi connectivity index (χ3v) is 5.25. The summed E-state index contributed by atoms with van der Waals surface area (Å²) >= 11 is 5.91. The van der Waals surface area contributed by atoms with E-state index in [0.29, 0.717) is 41.0 Å². The van der Waals surface area contributed by atoms with Crippen LogP contribution in [0.3, 0.4) is 0 Å². The van der Waals surface area contributed by atoms with Crippen molar-refractivity contribution in [2.75, 3.05) is 25.1 Å².